The zero-order valence-electron chi connectivity index (χ0n) is 39.5. The molecular weight excluding hydrogens is 731 g/mol. The molecule has 6 nitrogen and oxygen atoms in total. The van der Waals surface area contributed by atoms with Crippen LogP contribution in [0, 0.1) is 0 Å². The Labute approximate surface area is 367 Å². The summed E-state index contributed by atoms with van der Waals surface area (Å²) in [6, 6.07) is -1.00. The molecule has 0 bridgehead atoms. The Morgan fingerprint density at radius 2 is 0.695 bits per heavy atom. The number of carbonyl (C=O) groups is 1. The quantitative estimate of drug-likeness (QED) is 0.0310. The third-order valence-corrected chi connectivity index (χ3v) is 12.4. The Hall–Kier alpha value is -1.21. The summed E-state index contributed by atoms with van der Waals surface area (Å²) in [5, 5.41) is 43.8. The lowest BCUT2D eigenvalue weighted by molar-refractivity contribution is -0.132. The Morgan fingerprint density at radius 1 is 0.407 bits per heavy atom. The molecule has 0 aliphatic heterocycles. The lowest BCUT2D eigenvalue weighted by Crippen LogP contribution is -2.53. The maximum atomic E-state index is 12.5. The van der Waals surface area contributed by atoms with Gasteiger partial charge in [-0.2, -0.15) is 0 Å². The number of amides is 1. The molecule has 0 rings (SSSR count). The number of hydrogen-bond acceptors (Lipinski definition) is 5. The monoisotopic (exact) mass is 834 g/mol. The minimum Gasteiger partial charge on any atom is -0.394 e. The van der Waals surface area contributed by atoms with Gasteiger partial charge in [0.15, 0.2) is 0 Å². The molecule has 6 heteroatoms. The molecule has 0 aliphatic rings. The van der Waals surface area contributed by atoms with Crippen molar-refractivity contribution in [1.29, 1.82) is 0 Å². The van der Waals surface area contributed by atoms with Gasteiger partial charge in [-0.3, -0.25) is 4.79 Å². The van der Waals surface area contributed by atoms with E-state index in [2.05, 4.69) is 43.5 Å². The summed E-state index contributed by atoms with van der Waals surface area (Å²) in [7, 11) is 0. The SMILES string of the molecule is CCCCCCCC/C=C\CCCCCCCCC(O)C(=O)NC(CO)C(O)C(O)CCC/C=C/CCCCCCCCCCCCCCCCCCCCCCCC. The summed E-state index contributed by atoms with van der Waals surface area (Å²) in [4.78, 5) is 12.5. The smallest absolute Gasteiger partial charge is 0.249 e. The highest BCUT2D eigenvalue weighted by Crippen LogP contribution is 2.17. The van der Waals surface area contributed by atoms with Gasteiger partial charge in [0.1, 0.15) is 12.2 Å². The first-order valence-corrected chi connectivity index (χ1v) is 26.2. The summed E-state index contributed by atoms with van der Waals surface area (Å²) in [5.74, 6) is -0.596. The minimum absolute atomic E-state index is 0.357. The molecule has 4 unspecified atom stereocenters. The molecule has 0 heterocycles. The minimum atomic E-state index is -1.28. The maximum absolute atomic E-state index is 12.5. The lowest BCUT2D eigenvalue weighted by Gasteiger charge is -2.27. The van der Waals surface area contributed by atoms with E-state index >= 15 is 0 Å². The zero-order valence-corrected chi connectivity index (χ0v) is 39.5. The highest BCUT2D eigenvalue weighted by Gasteiger charge is 2.28. The van der Waals surface area contributed by atoms with Crippen molar-refractivity contribution in [2.24, 2.45) is 0 Å². The van der Waals surface area contributed by atoms with Gasteiger partial charge < -0.3 is 25.7 Å². The van der Waals surface area contributed by atoms with Crippen LogP contribution in [0.15, 0.2) is 24.3 Å². The van der Waals surface area contributed by atoms with E-state index in [4.69, 9.17) is 0 Å². The Balaban J connectivity index is 3.66. The van der Waals surface area contributed by atoms with Crippen LogP contribution in [0.5, 0.6) is 0 Å². The fourth-order valence-electron chi connectivity index (χ4n) is 8.22. The van der Waals surface area contributed by atoms with Crippen LogP contribution < -0.4 is 5.32 Å². The van der Waals surface area contributed by atoms with Gasteiger partial charge in [0.05, 0.1) is 18.8 Å². The summed E-state index contributed by atoms with van der Waals surface area (Å²) in [5.41, 5.74) is 0. The number of hydrogen-bond donors (Lipinski definition) is 5. The van der Waals surface area contributed by atoms with Crippen molar-refractivity contribution < 1.29 is 25.2 Å². The molecular formula is C53H103NO5. The van der Waals surface area contributed by atoms with E-state index in [0.29, 0.717) is 12.8 Å². The fraction of sp³-hybridized carbons (Fsp3) is 0.906. The summed E-state index contributed by atoms with van der Waals surface area (Å²) in [6.07, 6.45) is 56.7. The van der Waals surface area contributed by atoms with Crippen LogP contribution in [0.3, 0.4) is 0 Å². The molecule has 0 aromatic rings. The zero-order chi connectivity index (χ0) is 43.1. The van der Waals surface area contributed by atoms with E-state index in [-0.39, 0.29) is 0 Å². The highest BCUT2D eigenvalue weighted by molar-refractivity contribution is 5.80. The number of rotatable bonds is 48. The van der Waals surface area contributed by atoms with Gasteiger partial charge in [0.2, 0.25) is 5.91 Å². The van der Waals surface area contributed by atoms with Crippen LogP contribution in [0.2, 0.25) is 0 Å². The maximum Gasteiger partial charge on any atom is 0.249 e. The molecule has 0 fully saturated rings. The first kappa shape index (κ1) is 57.8. The average molecular weight is 834 g/mol. The van der Waals surface area contributed by atoms with E-state index in [1.165, 1.54) is 205 Å². The molecule has 5 N–H and O–H groups in total. The second-order valence-corrected chi connectivity index (χ2v) is 18.2. The second kappa shape index (κ2) is 47.8. The molecule has 4 atom stereocenters. The number of carbonyl (C=O) groups excluding carboxylic acids is 1. The molecule has 0 saturated carbocycles. The Kier molecular flexibility index (Phi) is 46.9. The predicted octanol–water partition coefficient (Wildman–Crippen LogP) is 14.7. The Bertz CT molecular complexity index is 893. The van der Waals surface area contributed by atoms with Crippen molar-refractivity contribution in [2.45, 2.75) is 301 Å². The van der Waals surface area contributed by atoms with Gasteiger partial charge in [-0.05, 0) is 64.2 Å². The van der Waals surface area contributed by atoms with E-state index < -0.39 is 36.9 Å². The third-order valence-electron chi connectivity index (χ3n) is 12.4. The highest BCUT2D eigenvalue weighted by atomic mass is 16.3. The van der Waals surface area contributed by atoms with Crippen LogP contribution in [-0.4, -0.2) is 57.3 Å². The number of aliphatic hydroxyl groups is 4. The lowest BCUT2D eigenvalue weighted by atomic mass is 10.00. The van der Waals surface area contributed by atoms with E-state index in [1.54, 1.807) is 0 Å². The molecule has 1 amide bonds. The van der Waals surface area contributed by atoms with Crippen LogP contribution in [0.4, 0.5) is 0 Å². The predicted molar refractivity (Wildman–Crippen MR) is 256 cm³/mol. The van der Waals surface area contributed by atoms with E-state index in [9.17, 15) is 25.2 Å². The van der Waals surface area contributed by atoms with E-state index in [0.717, 1.165) is 44.9 Å². The third kappa shape index (κ3) is 41.9. The van der Waals surface area contributed by atoms with Crippen molar-refractivity contribution >= 4 is 5.91 Å². The van der Waals surface area contributed by atoms with Gasteiger partial charge in [0.25, 0.3) is 0 Å². The molecule has 350 valence electrons. The van der Waals surface area contributed by atoms with Crippen molar-refractivity contribution in [3.05, 3.63) is 24.3 Å². The van der Waals surface area contributed by atoms with Crippen molar-refractivity contribution in [1.82, 2.24) is 5.32 Å². The van der Waals surface area contributed by atoms with Crippen LogP contribution in [0.25, 0.3) is 0 Å². The van der Waals surface area contributed by atoms with Crippen LogP contribution in [-0.2, 0) is 4.79 Å². The number of aliphatic hydroxyl groups excluding tert-OH is 4. The van der Waals surface area contributed by atoms with Crippen LogP contribution in [0.1, 0.15) is 277 Å². The van der Waals surface area contributed by atoms with Gasteiger partial charge in [-0.25, -0.2) is 0 Å². The molecule has 0 aliphatic carbocycles. The molecule has 0 spiro atoms. The molecule has 0 radical (unpaired) electrons. The fourth-order valence-corrected chi connectivity index (χ4v) is 8.22. The first-order valence-electron chi connectivity index (χ1n) is 26.2. The molecule has 59 heavy (non-hydrogen) atoms. The van der Waals surface area contributed by atoms with Crippen LogP contribution >= 0.6 is 0 Å². The van der Waals surface area contributed by atoms with Gasteiger partial charge >= 0.3 is 0 Å². The largest absolute Gasteiger partial charge is 0.394 e. The van der Waals surface area contributed by atoms with Gasteiger partial charge in [-0.15, -0.1) is 0 Å². The normalized spacial score (nSPS) is 14.1. The van der Waals surface area contributed by atoms with Gasteiger partial charge in [-0.1, -0.05) is 237 Å². The molecule has 0 aromatic carbocycles. The summed E-state index contributed by atoms with van der Waals surface area (Å²) < 4.78 is 0. The number of nitrogens with one attached hydrogen (secondary N) is 1. The molecule has 0 aromatic heterocycles. The van der Waals surface area contributed by atoms with Gasteiger partial charge in [0, 0.05) is 0 Å². The van der Waals surface area contributed by atoms with E-state index in [1.807, 2.05) is 0 Å². The van der Waals surface area contributed by atoms with Crippen molar-refractivity contribution in [3.8, 4) is 0 Å². The van der Waals surface area contributed by atoms with Crippen molar-refractivity contribution in [2.75, 3.05) is 6.61 Å². The summed E-state index contributed by atoms with van der Waals surface area (Å²) in [6.45, 7) is 4.06. The standard InChI is InChI=1S/C53H103NO5/c1-3-5-7-9-11-13-15-17-19-21-22-23-24-25-26-27-28-29-30-31-33-34-36-38-40-42-44-46-50(56)52(58)49(48-55)54-53(59)51(57)47-45-43-41-39-37-35-32-20-18-16-14-12-10-8-6-4-2/h18,20,38,40,49-52,55-58H,3-17,19,21-37,39,41-48H2,1-2H3,(H,54,59)/b20-18-,40-38+. The van der Waals surface area contributed by atoms with Crippen molar-refractivity contribution in [3.63, 3.8) is 0 Å². The Morgan fingerprint density at radius 3 is 1.02 bits per heavy atom. The average Bonchev–Trinajstić information content (AvgIpc) is 3.24. The molecule has 0 saturated heterocycles. The topological polar surface area (TPSA) is 110 Å². The second-order valence-electron chi connectivity index (χ2n) is 18.2. The number of allylic oxidation sites excluding steroid dienone is 4. The number of unbranched alkanes of at least 4 members (excludes halogenated alkanes) is 35. The summed E-state index contributed by atoms with van der Waals surface area (Å²) >= 11 is 0. The first-order chi connectivity index (χ1) is 29.0.